The van der Waals surface area contributed by atoms with Crippen molar-refractivity contribution in [1.29, 1.82) is 0 Å². The highest BCUT2D eigenvalue weighted by Crippen LogP contribution is 2.45. The average molecular weight is 1150 g/mol. The number of carbonyl (C=O) groups is 7. The molecule has 2 aliphatic heterocycles. The number of anilines is 1. The van der Waals surface area contributed by atoms with Crippen LogP contribution in [0.25, 0.3) is 0 Å². The van der Waals surface area contributed by atoms with Crippen LogP contribution in [0.1, 0.15) is 76.3 Å². The van der Waals surface area contributed by atoms with Gasteiger partial charge in [0.1, 0.15) is 31.5 Å². The molecule has 25 heteroatoms. The number of amides is 4. The Labute approximate surface area is 460 Å². The summed E-state index contributed by atoms with van der Waals surface area (Å²) in [5.74, 6) is -3.80. The third-order valence-electron chi connectivity index (χ3n) is 11.9. The maximum atomic E-state index is 13.9. The molecule has 0 saturated carbocycles. The Morgan fingerprint density at radius 1 is 0.987 bits per heavy atom. The van der Waals surface area contributed by atoms with Gasteiger partial charge in [-0.05, 0) is 86.1 Å². The Hall–Kier alpha value is -5.33. The minimum absolute atomic E-state index is 0.0596. The van der Waals surface area contributed by atoms with E-state index in [1.54, 1.807) is 32.0 Å². The Morgan fingerprint density at radius 2 is 1.71 bits per heavy atom. The number of esters is 2. The number of cyclic esters (lactones) is 2. The molecule has 77 heavy (non-hydrogen) atoms. The average Bonchev–Trinajstić information content (AvgIpc) is 4.20. The van der Waals surface area contributed by atoms with Crippen molar-refractivity contribution in [1.82, 2.24) is 16.0 Å². The molecule has 3 aromatic carbocycles. The fourth-order valence-electron chi connectivity index (χ4n) is 7.61. The number of Topliss-reactive ketones (excluding diaryl/α,β-unsaturated/α-hetero) is 1. The van der Waals surface area contributed by atoms with Crippen molar-refractivity contribution < 1.29 is 76.1 Å². The van der Waals surface area contributed by atoms with Crippen LogP contribution in [0.5, 0.6) is 0 Å². The number of benzene rings is 3. The molecule has 8 N–H and O–H groups in total. The second-order valence-corrected chi connectivity index (χ2v) is 23.5. The van der Waals surface area contributed by atoms with E-state index in [4.69, 9.17) is 50.8 Å². The molecule has 0 spiro atoms. The maximum Gasteiger partial charge on any atom is 0.469 e. The molecule has 7 atom stereocenters. The van der Waals surface area contributed by atoms with E-state index < -0.39 is 85.8 Å². The van der Waals surface area contributed by atoms with Gasteiger partial charge in [0.15, 0.2) is 11.9 Å². The van der Waals surface area contributed by atoms with Crippen molar-refractivity contribution in [2.75, 3.05) is 44.0 Å². The van der Waals surface area contributed by atoms with E-state index in [-0.39, 0.29) is 86.1 Å². The zero-order valence-electron chi connectivity index (χ0n) is 43.5. The lowest BCUT2D eigenvalue weighted by atomic mass is 9.93. The van der Waals surface area contributed by atoms with Crippen LogP contribution in [0.15, 0.2) is 83.8 Å². The van der Waals surface area contributed by atoms with Crippen molar-refractivity contribution in [3.63, 3.8) is 0 Å². The fraction of sp³-hybridized carbons (Fsp3) is 0.481. The van der Waals surface area contributed by atoms with Gasteiger partial charge in [-0.3, -0.25) is 33.8 Å². The molecule has 420 valence electrons. The van der Waals surface area contributed by atoms with Crippen LogP contribution >= 0.6 is 41.0 Å². The summed E-state index contributed by atoms with van der Waals surface area (Å²) >= 11 is 6.67. The lowest BCUT2D eigenvalue weighted by Crippen LogP contribution is -2.50. The van der Waals surface area contributed by atoms with Crippen LogP contribution in [0.4, 0.5) is 10.5 Å². The molecule has 1 saturated heterocycles. The van der Waals surface area contributed by atoms with E-state index in [0.717, 1.165) is 16.0 Å². The minimum Gasteiger partial charge on any atom is -0.455 e. The van der Waals surface area contributed by atoms with Crippen molar-refractivity contribution >= 4 is 88.2 Å². The van der Waals surface area contributed by atoms with Gasteiger partial charge in [-0.15, -0.1) is 0 Å². The van der Waals surface area contributed by atoms with Gasteiger partial charge in [0.2, 0.25) is 17.7 Å². The van der Waals surface area contributed by atoms with Crippen LogP contribution < -0.4 is 27.0 Å². The number of nitrogens with two attached hydrogens (primary N) is 1. The first-order valence-electron chi connectivity index (χ1n) is 24.7. The summed E-state index contributed by atoms with van der Waals surface area (Å²) in [7, 11) is -2.04. The molecule has 0 aliphatic carbocycles. The van der Waals surface area contributed by atoms with Crippen LogP contribution in [0.2, 0.25) is 5.02 Å². The van der Waals surface area contributed by atoms with E-state index in [1.165, 1.54) is 52.8 Å². The second kappa shape index (κ2) is 29.6. The summed E-state index contributed by atoms with van der Waals surface area (Å²) in [4.78, 5) is 110. The van der Waals surface area contributed by atoms with E-state index in [9.17, 15) is 38.1 Å². The first-order valence-corrected chi connectivity index (χ1v) is 28.9. The second-order valence-electron chi connectivity index (χ2n) is 19.5. The molecule has 4 amide bonds. The van der Waals surface area contributed by atoms with Gasteiger partial charge in [-0.1, -0.05) is 102 Å². The van der Waals surface area contributed by atoms with Gasteiger partial charge in [0.25, 0.3) is 0 Å². The van der Waals surface area contributed by atoms with Crippen LogP contribution in [0.3, 0.4) is 0 Å². The van der Waals surface area contributed by atoms with Gasteiger partial charge in [-0.2, -0.15) is 0 Å². The Balaban J connectivity index is 1.24. The number of nitrogens with one attached hydrogen (secondary N) is 4. The van der Waals surface area contributed by atoms with E-state index in [0.29, 0.717) is 17.5 Å². The standard InChI is InChI=1S/C52H67ClN5O16PS2/c1-30(2)22-42-49(63)72-41(32(4)45-46(74-45)35-10-8-7-9-11-35)15-17-44(60)57-40(48(62)56-29-52(5,6)50(64)73-42)25-33-12-14-39(37(53)24-33)58-51(65)70-27-34-13-16-43(36(23-34)18-20-69-26-31(3)59)77-76-28-38(54)47(61)55-19-21-71-75(66,67)68/h7-17,23-24,30,32,38,40-42,45-46H,18-22,25-29,54H2,1-6H3,(H,55,61)(H,56,62)(H,57,60)(H,58,65)(H2,66,67,68)/b17-15+/t32-,38?,40?,41+,42?,45?,46?/m1/s1. The molecule has 3 aromatic rings. The summed E-state index contributed by atoms with van der Waals surface area (Å²) in [6, 6.07) is 17.4. The molecule has 0 radical (unpaired) electrons. The highest BCUT2D eigenvalue weighted by Gasteiger charge is 2.48. The van der Waals surface area contributed by atoms with Gasteiger partial charge in [0, 0.05) is 42.2 Å². The zero-order valence-corrected chi connectivity index (χ0v) is 46.8. The number of ether oxygens (including phenoxy) is 5. The van der Waals surface area contributed by atoms with Gasteiger partial charge < -0.3 is 55.2 Å². The SMILES string of the molecule is CC(=O)COCCc1cc(COC(=O)Nc2ccc(CC3NC(=O)/C=C/[C@@H]([C@@H](C)C4OC4c4ccccc4)OC(=O)C(CC(C)C)OC(=O)C(C)(C)CNC3=O)cc2Cl)ccc1SSCC(N)C(=O)NCCOP(=O)(O)O. The monoisotopic (exact) mass is 1150 g/mol. The minimum atomic E-state index is -4.67. The van der Waals surface area contributed by atoms with E-state index >= 15 is 0 Å². The number of ketones is 1. The number of phosphoric ester groups is 1. The lowest BCUT2D eigenvalue weighted by Gasteiger charge is -2.28. The Bertz CT molecular complexity index is 2640. The number of rotatable bonds is 24. The van der Waals surface area contributed by atoms with E-state index in [2.05, 4.69) is 25.8 Å². The van der Waals surface area contributed by atoms with Crippen molar-refractivity contribution in [2.45, 2.75) is 109 Å². The lowest BCUT2D eigenvalue weighted by molar-refractivity contribution is -0.177. The van der Waals surface area contributed by atoms with Crippen LogP contribution in [-0.4, -0.2) is 120 Å². The van der Waals surface area contributed by atoms with Crippen LogP contribution in [0, 0.1) is 17.3 Å². The van der Waals surface area contributed by atoms with Crippen LogP contribution in [-0.2, 0) is 81.0 Å². The number of hydrogen-bond acceptors (Lipinski definition) is 17. The maximum absolute atomic E-state index is 13.9. The number of phosphoric acid groups is 1. The summed E-state index contributed by atoms with van der Waals surface area (Å²) in [5, 5.41) is 10.7. The van der Waals surface area contributed by atoms with E-state index in [1.807, 2.05) is 57.2 Å². The highest BCUT2D eigenvalue weighted by molar-refractivity contribution is 8.76. The molecule has 5 unspecified atom stereocenters. The van der Waals surface area contributed by atoms with Gasteiger partial charge in [0.05, 0.1) is 41.5 Å². The fourth-order valence-corrected chi connectivity index (χ4v) is 10.6. The zero-order chi connectivity index (χ0) is 56.5. The first-order chi connectivity index (χ1) is 36.4. The third-order valence-corrected chi connectivity index (χ3v) is 15.2. The Kier molecular flexibility index (Phi) is 24.0. The molecule has 2 aliphatic rings. The normalized spacial score (nSPS) is 21.2. The predicted molar refractivity (Wildman–Crippen MR) is 288 cm³/mol. The van der Waals surface area contributed by atoms with Crippen molar-refractivity contribution in [2.24, 2.45) is 23.0 Å². The van der Waals surface area contributed by atoms with Gasteiger partial charge in [-0.25, -0.2) is 14.2 Å². The number of halogens is 1. The number of hydrogen-bond donors (Lipinski definition) is 7. The molecule has 1 fully saturated rings. The number of epoxide rings is 1. The predicted octanol–water partition coefficient (Wildman–Crippen LogP) is 5.92. The highest BCUT2D eigenvalue weighted by atomic mass is 35.5. The summed E-state index contributed by atoms with van der Waals surface area (Å²) < 4.78 is 44.0. The van der Waals surface area contributed by atoms with Gasteiger partial charge >= 0.3 is 25.9 Å². The molecule has 2 heterocycles. The molecular weight excluding hydrogens is 1080 g/mol. The first kappa shape index (κ1) is 62.5. The topological polar surface area (TPSA) is 310 Å². The molecule has 21 nitrogen and oxygen atoms in total. The molecular formula is C52H67ClN5O16PS2. The van der Waals surface area contributed by atoms with Crippen molar-refractivity contribution in [3.8, 4) is 0 Å². The summed E-state index contributed by atoms with van der Waals surface area (Å²) in [6.45, 7) is 9.37. The molecule has 5 rings (SSSR count). The molecule has 0 bridgehead atoms. The third kappa shape index (κ3) is 21.1. The largest absolute Gasteiger partial charge is 0.469 e. The Morgan fingerprint density at radius 3 is 2.40 bits per heavy atom. The smallest absolute Gasteiger partial charge is 0.455 e. The van der Waals surface area contributed by atoms with Crippen molar-refractivity contribution in [3.05, 3.63) is 106 Å². The summed E-state index contributed by atoms with van der Waals surface area (Å²) in [5.41, 5.74) is 7.75. The molecule has 0 aromatic heterocycles. The quantitative estimate of drug-likeness (QED) is 0.0137. The number of carbonyl (C=O) groups excluding carboxylic acids is 7. The summed E-state index contributed by atoms with van der Waals surface area (Å²) in [6.07, 6.45) is -0.597.